The highest BCUT2D eigenvalue weighted by Crippen LogP contribution is 2.29. The van der Waals surface area contributed by atoms with Gasteiger partial charge in [0.05, 0.1) is 23.0 Å². The van der Waals surface area contributed by atoms with Crippen LogP contribution in [-0.4, -0.2) is 15.5 Å². The monoisotopic (exact) mass is 326 g/mol. The molecular formula is C14H15ClN2O3S. The van der Waals surface area contributed by atoms with Gasteiger partial charge in [-0.25, -0.2) is 8.42 Å². The largest absolute Gasteiger partial charge is 0.398 e. The fourth-order valence-corrected chi connectivity index (χ4v) is 3.69. The lowest BCUT2D eigenvalue weighted by atomic mass is 10.2. The molecule has 2 rings (SSSR count). The Morgan fingerprint density at radius 2 is 1.90 bits per heavy atom. The molecule has 0 aliphatic rings. The van der Waals surface area contributed by atoms with Crippen LogP contribution in [0, 0.1) is 0 Å². The van der Waals surface area contributed by atoms with E-state index in [0.29, 0.717) is 11.3 Å². The van der Waals surface area contributed by atoms with Crippen LogP contribution in [0.15, 0.2) is 47.4 Å². The molecule has 0 saturated heterocycles. The number of nitrogen functional groups attached to an aromatic ring is 1. The molecule has 0 heterocycles. The number of benzene rings is 2. The highest BCUT2D eigenvalue weighted by Gasteiger charge is 2.22. The van der Waals surface area contributed by atoms with Gasteiger partial charge in [0.25, 0.3) is 10.0 Å². The maximum atomic E-state index is 12.5. The third kappa shape index (κ3) is 3.47. The molecule has 0 aliphatic carbocycles. The maximum absolute atomic E-state index is 12.5. The molecule has 0 saturated carbocycles. The van der Waals surface area contributed by atoms with E-state index in [9.17, 15) is 8.42 Å². The number of nitrogens with two attached hydrogens (primary N) is 1. The van der Waals surface area contributed by atoms with Crippen LogP contribution in [0.25, 0.3) is 0 Å². The second-order valence-electron chi connectivity index (χ2n) is 4.35. The van der Waals surface area contributed by atoms with Crippen LogP contribution in [0.2, 0.25) is 5.02 Å². The van der Waals surface area contributed by atoms with E-state index in [1.807, 2.05) is 0 Å². The SMILES string of the molecule is COCc1ccccc1NS(=O)(=O)c1c(N)cccc1Cl. The van der Waals surface area contributed by atoms with E-state index in [0.717, 1.165) is 0 Å². The number of halogens is 1. The van der Waals surface area contributed by atoms with Crippen molar-refractivity contribution in [1.29, 1.82) is 0 Å². The number of ether oxygens (including phenoxy) is 1. The standard InChI is InChI=1S/C14H15ClN2O3S/c1-20-9-10-5-2-3-8-13(10)17-21(18,19)14-11(15)6-4-7-12(14)16/h2-8,17H,9,16H2,1H3. The summed E-state index contributed by atoms with van der Waals surface area (Å²) in [5, 5.41) is 0.0757. The predicted molar refractivity (Wildman–Crippen MR) is 83.8 cm³/mol. The summed E-state index contributed by atoms with van der Waals surface area (Å²) in [5.41, 5.74) is 6.97. The first-order valence-corrected chi connectivity index (χ1v) is 7.95. The third-order valence-electron chi connectivity index (χ3n) is 2.83. The van der Waals surface area contributed by atoms with Crippen molar-refractivity contribution in [2.24, 2.45) is 0 Å². The minimum Gasteiger partial charge on any atom is -0.398 e. The number of hydrogen-bond acceptors (Lipinski definition) is 4. The Kier molecular flexibility index (Phi) is 4.72. The zero-order valence-electron chi connectivity index (χ0n) is 11.3. The first-order valence-electron chi connectivity index (χ1n) is 6.09. The molecule has 21 heavy (non-hydrogen) atoms. The van der Waals surface area contributed by atoms with E-state index < -0.39 is 10.0 Å². The number of para-hydroxylation sites is 1. The van der Waals surface area contributed by atoms with Crippen molar-refractivity contribution in [1.82, 2.24) is 0 Å². The Balaban J connectivity index is 2.43. The molecule has 2 aromatic carbocycles. The summed E-state index contributed by atoms with van der Waals surface area (Å²) in [5.74, 6) is 0. The first-order chi connectivity index (χ1) is 9.95. The molecule has 7 heteroatoms. The molecule has 0 unspecified atom stereocenters. The Labute approximate surface area is 128 Å². The lowest BCUT2D eigenvalue weighted by molar-refractivity contribution is 0.185. The summed E-state index contributed by atoms with van der Waals surface area (Å²) in [6.45, 7) is 0.288. The summed E-state index contributed by atoms with van der Waals surface area (Å²) < 4.78 is 32.5. The van der Waals surface area contributed by atoms with E-state index in [1.54, 1.807) is 30.3 Å². The molecule has 112 valence electrons. The van der Waals surface area contributed by atoms with Crippen molar-refractivity contribution in [2.75, 3.05) is 17.6 Å². The Morgan fingerprint density at radius 1 is 1.19 bits per heavy atom. The Hall–Kier alpha value is -1.76. The average Bonchev–Trinajstić information content (AvgIpc) is 2.40. The van der Waals surface area contributed by atoms with E-state index >= 15 is 0 Å². The van der Waals surface area contributed by atoms with Crippen LogP contribution in [0.1, 0.15) is 5.56 Å². The normalized spacial score (nSPS) is 11.3. The Morgan fingerprint density at radius 3 is 2.57 bits per heavy atom. The van der Waals surface area contributed by atoms with Crippen LogP contribution in [0.4, 0.5) is 11.4 Å². The summed E-state index contributed by atoms with van der Waals surface area (Å²) in [7, 11) is -2.34. The van der Waals surface area contributed by atoms with Gasteiger partial charge in [0, 0.05) is 12.7 Å². The second-order valence-corrected chi connectivity index (χ2v) is 6.38. The molecule has 0 radical (unpaired) electrons. The smallest absolute Gasteiger partial charge is 0.265 e. The summed E-state index contributed by atoms with van der Waals surface area (Å²) >= 11 is 5.96. The fourth-order valence-electron chi connectivity index (χ4n) is 1.91. The van der Waals surface area contributed by atoms with E-state index in [1.165, 1.54) is 19.2 Å². The maximum Gasteiger partial charge on any atom is 0.265 e. The number of anilines is 2. The van der Waals surface area contributed by atoms with Crippen LogP contribution >= 0.6 is 11.6 Å². The fraction of sp³-hybridized carbons (Fsp3) is 0.143. The minimum atomic E-state index is -3.88. The van der Waals surface area contributed by atoms with Crippen molar-refractivity contribution in [3.05, 3.63) is 53.1 Å². The van der Waals surface area contributed by atoms with Gasteiger partial charge >= 0.3 is 0 Å². The van der Waals surface area contributed by atoms with Crippen LogP contribution in [0.5, 0.6) is 0 Å². The van der Waals surface area contributed by atoms with Gasteiger partial charge in [0.2, 0.25) is 0 Å². The Bertz CT molecular complexity index is 727. The number of methoxy groups -OCH3 is 1. The average molecular weight is 327 g/mol. The van der Waals surface area contributed by atoms with Gasteiger partial charge < -0.3 is 10.5 Å². The zero-order chi connectivity index (χ0) is 15.5. The first kappa shape index (κ1) is 15.6. The van der Waals surface area contributed by atoms with E-state index in [4.69, 9.17) is 22.1 Å². The van der Waals surface area contributed by atoms with Crippen molar-refractivity contribution in [2.45, 2.75) is 11.5 Å². The van der Waals surface area contributed by atoms with Crippen molar-refractivity contribution in [3.8, 4) is 0 Å². The van der Waals surface area contributed by atoms with E-state index in [2.05, 4.69) is 4.72 Å². The summed E-state index contributed by atoms with van der Waals surface area (Å²) in [6.07, 6.45) is 0. The highest BCUT2D eigenvalue weighted by molar-refractivity contribution is 7.93. The van der Waals surface area contributed by atoms with Gasteiger partial charge in [-0.3, -0.25) is 4.72 Å². The number of rotatable bonds is 5. The van der Waals surface area contributed by atoms with Gasteiger partial charge in [-0.05, 0) is 18.2 Å². The van der Waals surface area contributed by atoms with Crippen molar-refractivity contribution >= 4 is 33.0 Å². The van der Waals surface area contributed by atoms with Crippen LogP contribution < -0.4 is 10.5 Å². The number of sulfonamides is 1. The molecule has 5 nitrogen and oxygen atoms in total. The second kappa shape index (κ2) is 6.34. The van der Waals surface area contributed by atoms with Gasteiger partial charge in [-0.15, -0.1) is 0 Å². The van der Waals surface area contributed by atoms with Crippen LogP contribution in [0.3, 0.4) is 0 Å². The lowest BCUT2D eigenvalue weighted by Gasteiger charge is -2.14. The third-order valence-corrected chi connectivity index (χ3v) is 4.74. The highest BCUT2D eigenvalue weighted by atomic mass is 35.5. The number of hydrogen-bond donors (Lipinski definition) is 2. The molecule has 0 bridgehead atoms. The molecule has 3 N–H and O–H groups in total. The molecule has 0 atom stereocenters. The van der Waals surface area contributed by atoms with Gasteiger partial charge in [-0.2, -0.15) is 0 Å². The molecule has 0 amide bonds. The predicted octanol–water partition coefficient (Wildman–Crippen LogP) is 2.87. The lowest BCUT2D eigenvalue weighted by Crippen LogP contribution is -2.16. The quantitative estimate of drug-likeness (QED) is 0.828. The topological polar surface area (TPSA) is 81.4 Å². The molecule has 0 fully saturated rings. The van der Waals surface area contributed by atoms with Gasteiger partial charge in [0.1, 0.15) is 4.90 Å². The van der Waals surface area contributed by atoms with E-state index in [-0.39, 0.29) is 22.2 Å². The van der Waals surface area contributed by atoms with Gasteiger partial charge in [-0.1, -0.05) is 35.9 Å². The summed E-state index contributed by atoms with van der Waals surface area (Å²) in [6, 6.07) is 11.5. The van der Waals surface area contributed by atoms with Crippen LogP contribution in [-0.2, 0) is 21.4 Å². The molecule has 0 aromatic heterocycles. The number of nitrogens with one attached hydrogen (secondary N) is 1. The minimum absolute atomic E-state index is 0.0757. The molecular weight excluding hydrogens is 312 g/mol. The van der Waals surface area contributed by atoms with Gasteiger partial charge in [0.15, 0.2) is 0 Å². The molecule has 0 aliphatic heterocycles. The van der Waals surface area contributed by atoms with Crippen molar-refractivity contribution < 1.29 is 13.2 Å². The zero-order valence-corrected chi connectivity index (χ0v) is 12.9. The molecule has 2 aromatic rings. The molecule has 0 spiro atoms. The summed E-state index contributed by atoms with van der Waals surface area (Å²) in [4.78, 5) is -0.126. The van der Waals surface area contributed by atoms with Crippen molar-refractivity contribution in [3.63, 3.8) is 0 Å².